The molecule has 2 heteroatoms. The van der Waals surface area contributed by atoms with E-state index in [1.807, 2.05) is 18.2 Å². The summed E-state index contributed by atoms with van der Waals surface area (Å²) >= 11 is 0. The van der Waals surface area contributed by atoms with Crippen LogP contribution in [0.4, 0.5) is 0 Å². The Morgan fingerprint density at radius 2 is 2.31 bits per heavy atom. The van der Waals surface area contributed by atoms with Crippen molar-refractivity contribution in [2.45, 2.75) is 19.8 Å². The molecule has 0 saturated carbocycles. The van der Waals surface area contributed by atoms with Crippen LogP contribution in [0.1, 0.15) is 29.4 Å². The van der Waals surface area contributed by atoms with Crippen molar-refractivity contribution >= 4 is 10.9 Å². The van der Waals surface area contributed by atoms with Crippen LogP contribution in [0.5, 0.6) is 0 Å². The third kappa shape index (κ3) is 1.44. The van der Waals surface area contributed by atoms with Crippen LogP contribution in [0.15, 0.2) is 24.4 Å². The predicted molar refractivity (Wildman–Crippen MR) is 54.8 cm³/mol. The summed E-state index contributed by atoms with van der Waals surface area (Å²) in [6, 6.07) is 5.85. The van der Waals surface area contributed by atoms with E-state index in [0.29, 0.717) is 5.92 Å². The molecular formula is C11H14N2. The maximum Gasteiger partial charge on any atom is 0.0923 e. The Bertz CT molecular complexity index is 511. The molecule has 13 heavy (non-hydrogen) atoms. The normalized spacial score (nSPS) is 15.8. The number of fused-ring (bicyclic) bond motifs is 1. The van der Waals surface area contributed by atoms with Crippen molar-refractivity contribution in [1.82, 2.24) is 9.78 Å². The van der Waals surface area contributed by atoms with Crippen molar-refractivity contribution in [2.75, 3.05) is 0 Å². The van der Waals surface area contributed by atoms with E-state index in [2.05, 4.69) is 18.9 Å². The van der Waals surface area contributed by atoms with Crippen LogP contribution in [-0.4, -0.2) is 9.78 Å². The molecule has 1 aromatic carbocycles. The monoisotopic (exact) mass is 177 g/mol. The summed E-state index contributed by atoms with van der Waals surface area (Å²) in [5.74, 6) is 0.431. The Balaban J connectivity index is 2.54. The van der Waals surface area contributed by atoms with Gasteiger partial charge < -0.3 is 0 Å². The van der Waals surface area contributed by atoms with Crippen LogP contribution in [0.2, 0.25) is 0 Å². The molecule has 2 nitrogen and oxygen atoms in total. The first-order valence-corrected chi connectivity index (χ1v) is 4.38. The quantitative estimate of drug-likeness (QED) is 0.655. The second kappa shape index (κ2) is 2.87. The van der Waals surface area contributed by atoms with E-state index in [9.17, 15) is 0 Å². The predicted octanol–water partition coefficient (Wildman–Crippen LogP) is 2.70. The topological polar surface area (TPSA) is 17.8 Å². The second-order valence-corrected chi connectivity index (χ2v) is 3.55. The molecule has 1 heterocycles. The minimum atomic E-state index is -2.20. The lowest BCUT2D eigenvalue weighted by molar-refractivity contribution is 0.780. The summed E-state index contributed by atoms with van der Waals surface area (Å²) in [4.78, 5) is 0. The molecule has 0 spiro atoms. The van der Waals surface area contributed by atoms with Gasteiger partial charge in [-0.05, 0) is 23.6 Å². The second-order valence-electron chi connectivity index (χ2n) is 3.55. The Hall–Kier alpha value is -1.31. The van der Waals surface area contributed by atoms with Gasteiger partial charge in [-0.1, -0.05) is 19.9 Å². The first-order chi connectivity index (χ1) is 7.38. The van der Waals surface area contributed by atoms with Crippen LogP contribution >= 0.6 is 0 Å². The number of nitrogens with zero attached hydrogens (tertiary/aromatic N) is 2. The van der Waals surface area contributed by atoms with Gasteiger partial charge >= 0.3 is 0 Å². The van der Waals surface area contributed by atoms with E-state index in [1.54, 1.807) is 6.20 Å². The molecule has 0 N–H and O–H groups in total. The van der Waals surface area contributed by atoms with E-state index in [0.717, 1.165) is 15.6 Å². The molecule has 68 valence electrons. The first kappa shape index (κ1) is 5.43. The van der Waals surface area contributed by atoms with Crippen molar-refractivity contribution in [2.24, 2.45) is 6.98 Å². The van der Waals surface area contributed by atoms with Crippen molar-refractivity contribution < 1.29 is 4.11 Å². The van der Waals surface area contributed by atoms with Crippen molar-refractivity contribution in [3.8, 4) is 0 Å². The van der Waals surface area contributed by atoms with E-state index in [-0.39, 0.29) is 0 Å². The minimum absolute atomic E-state index is 0.431. The molecule has 0 saturated heterocycles. The van der Waals surface area contributed by atoms with Gasteiger partial charge in [0.05, 0.1) is 5.52 Å². The van der Waals surface area contributed by atoms with E-state index in [4.69, 9.17) is 4.11 Å². The third-order valence-electron chi connectivity index (χ3n) is 2.20. The summed E-state index contributed by atoms with van der Waals surface area (Å²) < 4.78 is 22.9. The summed E-state index contributed by atoms with van der Waals surface area (Å²) in [7, 11) is 0. The number of aromatic nitrogens is 2. The molecule has 1 aromatic heterocycles. The van der Waals surface area contributed by atoms with E-state index < -0.39 is 6.98 Å². The van der Waals surface area contributed by atoms with Crippen molar-refractivity contribution in [1.29, 1.82) is 0 Å². The van der Waals surface area contributed by atoms with Crippen molar-refractivity contribution in [3.05, 3.63) is 30.0 Å². The summed E-state index contributed by atoms with van der Waals surface area (Å²) in [6.07, 6.45) is 1.58. The van der Waals surface area contributed by atoms with Crippen LogP contribution in [0.25, 0.3) is 10.9 Å². The SMILES string of the molecule is [2H]C([2H])([2H])n1cc2cc(C(C)C)ccc2n1. The van der Waals surface area contributed by atoms with Gasteiger partial charge in [0, 0.05) is 22.7 Å². The molecule has 0 aliphatic rings. The molecule has 2 aromatic rings. The zero-order chi connectivity index (χ0) is 11.9. The lowest BCUT2D eigenvalue weighted by Gasteiger charge is -2.03. The van der Waals surface area contributed by atoms with Gasteiger partial charge in [-0.3, -0.25) is 4.68 Å². The molecule has 0 aliphatic carbocycles. The summed E-state index contributed by atoms with van der Waals surface area (Å²) in [5.41, 5.74) is 1.91. The van der Waals surface area contributed by atoms with Crippen LogP contribution in [0, 0.1) is 0 Å². The summed E-state index contributed by atoms with van der Waals surface area (Å²) in [5, 5.41) is 4.92. The number of hydrogen-bond donors (Lipinski definition) is 0. The maximum atomic E-state index is 7.28. The molecule has 0 bridgehead atoms. The maximum absolute atomic E-state index is 7.28. The standard InChI is InChI=1S/C11H14N2/c1-8(2)9-4-5-11-10(6-9)7-13(3)12-11/h4-8H,1-3H3/i3D3. The highest BCUT2D eigenvalue weighted by atomic mass is 15.2. The average Bonchev–Trinajstić information content (AvgIpc) is 2.58. The van der Waals surface area contributed by atoms with E-state index in [1.165, 1.54) is 5.56 Å². The van der Waals surface area contributed by atoms with Gasteiger partial charge in [0.25, 0.3) is 0 Å². The van der Waals surface area contributed by atoms with Gasteiger partial charge in [0.15, 0.2) is 0 Å². The molecule has 0 radical (unpaired) electrons. The number of rotatable bonds is 1. The molecule has 0 aliphatic heterocycles. The lowest BCUT2D eigenvalue weighted by Crippen LogP contribution is -1.85. The average molecular weight is 177 g/mol. The first-order valence-electron chi connectivity index (χ1n) is 5.88. The van der Waals surface area contributed by atoms with Gasteiger partial charge in [-0.2, -0.15) is 5.10 Å². The highest BCUT2D eigenvalue weighted by Crippen LogP contribution is 2.19. The minimum Gasteiger partial charge on any atom is -0.275 e. The van der Waals surface area contributed by atoms with Crippen LogP contribution in [-0.2, 0) is 6.98 Å². The zero-order valence-electron chi connectivity index (χ0n) is 10.8. The molecule has 0 atom stereocenters. The van der Waals surface area contributed by atoms with E-state index >= 15 is 0 Å². The molecule has 2 rings (SSSR count). The van der Waals surface area contributed by atoms with Gasteiger partial charge in [0.2, 0.25) is 0 Å². The number of benzene rings is 1. The molecule has 0 fully saturated rings. The lowest BCUT2D eigenvalue weighted by atomic mass is 10.0. The largest absolute Gasteiger partial charge is 0.275 e. The number of hydrogen-bond acceptors (Lipinski definition) is 1. The van der Waals surface area contributed by atoms with Crippen LogP contribution in [0.3, 0.4) is 0 Å². The number of aryl methyl sites for hydroxylation is 1. The highest BCUT2D eigenvalue weighted by molar-refractivity contribution is 5.78. The Kier molecular flexibility index (Phi) is 1.20. The third-order valence-corrected chi connectivity index (χ3v) is 2.20. The zero-order valence-corrected chi connectivity index (χ0v) is 7.78. The summed E-state index contributed by atoms with van der Waals surface area (Å²) in [6.45, 7) is 2.02. The van der Waals surface area contributed by atoms with Gasteiger partial charge in [-0.25, -0.2) is 0 Å². The highest BCUT2D eigenvalue weighted by Gasteiger charge is 2.02. The van der Waals surface area contributed by atoms with Crippen molar-refractivity contribution in [3.63, 3.8) is 0 Å². The smallest absolute Gasteiger partial charge is 0.0923 e. The molecular weight excluding hydrogens is 160 g/mol. The Morgan fingerprint density at radius 3 is 3.00 bits per heavy atom. The Morgan fingerprint density at radius 1 is 1.46 bits per heavy atom. The van der Waals surface area contributed by atoms with Gasteiger partial charge in [0.1, 0.15) is 0 Å². The fourth-order valence-corrected chi connectivity index (χ4v) is 1.40. The Labute approximate surface area is 82.4 Å². The van der Waals surface area contributed by atoms with Gasteiger partial charge in [-0.15, -0.1) is 0 Å². The molecule has 0 amide bonds. The molecule has 0 unspecified atom stereocenters. The van der Waals surface area contributed by atoms with Crippen LogP contribution < -0.4 is 0 Å². The fraction of sp³-hybridized carbons (Fsp3) is 0.364. The fourth-order valence-electron chi connectivity index (χ4n) is 1.40.